The molecule has 0 radical (unpaired) electrons. The molecular formula is C21H20ClN3O3. The number of aryl methyl sites for hydroxylation is 2. The molecule has 2 aliphatic rings. The number of hydrogen-bond acceptors (Lipinski definition) is 3. The zero-order chi connectivity index (χ0) is 20.2. The highest BCUT2D eigenvalue weighted by atomic mass is 35.5. The van der Waals surface area contributed by atoms with Crippen molar-refractivity contribution in [3.05, 3.63) is 57.4 Å². The number of benzene rings is 1. The topological polar surface area (TPSA) is 71.4 Å². The van der Waals surface area contributed by atoms with Crippen molar-refractivity contribution in [3.63, 3.8) is 0 Å². The molecule has 0 spiro atoms. The maximum absolute atomic E-state index is 13.0. The second kappa shape index (κ2) is 6.63. The quantitative estimate of drug-likeness (QED) is 0.626. The molecule has 1 aromatic carbocycles. The summed E-state index contributed by atoms with van der Waals surface area (Å²) in [5.41, 5.74) is 3.98. The van der Waals surface area contributed by atoms with Gasteiger partial charge in [-0.3, -0.25) is 14.9 Å². The minimum atomic E-state index is -0.782. The molecule has 1 aliphatic heterocycles. The monoisotopic (exact) mass is 397 g/mol. The Bertz CT molecular complexity index is 1060. The summed E-state index contributed by atoms with van der Waals surface area (Å²) in [5, 5.41) is 2.69. The third kappa shape index (κ3) is 3.03. The Kier molecular flexibility index (Phi) is 4.38. The lowest BCUT2D eigenvalue weighted by Crippen LogP contribution is -2.54. The van der Waals surface area contributed by atoms with E-state index in [9.17, 15) is 14.4 Å². The lowest BCUT2D eigenvalue weighted by Gasteiger charge is -2.26. The standard InChI is InChI=1S/C21H20ClN3O3/c1-11-4-5-16(10-18(11)22)25-20(27)17(19(26)23-21(25)28)9-14-8-12(2)24(13(14)3)15-6-7-15/h4-5,8-10,15H,6-7H2,1-3H3,(H,23,26,28). The largest absolute Gasteiger partial charge is 0.346 e. The first-order valence-corrected chi connectivity index (χ1v) is 9.51. The summed E-state index contributed by atoms with van der Waals surface area (Å²) in [6.45, 7) is 5.82. The van der Waals surface area contributed by atoms with Gasteiger partial charge in [0.15, 0.2) is 0 Å². The molecule has 6 nitrogen and oxygen atoms in total. The maximum Gasteiger partial charge on any atom is 0.335 e. The minimum absolute atomic E-state index is 0.0765. The van der Waals surface area contributed by atoms with Crippen molar-refractivity contribution < 1.29 is 14.4 Å². The van der Waals surface area contributed by atoms with Crippen LogP contribution in [-0.4, -0.2) is 22.4 Å². The summed E-state index contributed by atoms with van der Waals surface area (Å²) in [7, 11) is 0. The molecule has 0 bridgehead atoms. The van der Waals surface area contributed by atoms with Crippen molar-refractivity contribution in [2.45, 2.75) is 39.7 Å². The van der Waals surface area contributed by atoms with E-state index < -0.39 is 17.8 Å². The number of nitrogens with zero attached hydrogens (tertiary/aromatic N) is 2. The number of amides is 4. The van der Waals surface area contributed by atoms with Crippen LogP contribution in [0.1, 0.15) is 41.4 Å². The molecule has 1 N–H and O–H groups in total. The summed E-state index contributed by atoms with van der Waals surface area (Å²) in [6, 6.07) is 6.57. The van der Waals surface area contributed by atoms with Gasteiger partial charge in [0.2, 0.25) is 0 Å². The van der Waals surface area contributed by atoms with Gasteiger partial charge in [-0.25, -0.2) is 9.69 Å². The highest BCUT2D eigenvalue weighted by Gasteiger charge is 2.37. The van der Waals surface area contributed by atoms with Crippen molar-refractivity contribution in [1.29, 1.82) is 0 Å². The van der Waals surface area contributed by atoms with Gasteiger partial charge >= 0.3 is 6.03 Å². The van der Waals surface area contributed by atoms with E-state index >= 15 is 0 Å². The molecule has 2 fully saturated rings. The fourth-order valence-electron chi connectivity index (χ4n) is 3.61. The number of anilines is 1. The van der Waals surface area contributed by atoms with Crippen LogP contribution in [0.4, 0.5) is 10.5 Å². The third-order valence-electron chi connectivity index (χ3n) is 5.25. The van der Waals surface area contributed by atoms with E-state index in [1.54, 1.807) is 24.3 Å². The molecule has 0 atom stereocenters. The van der Waals surface area contributed by atoms with E-state index in [-0.39, 0.29) is 5.57 Å². The van der Waals surface area contributed by atoms with Crippen LogP contribution in [0.3, 0.4) is 0 Å². The molecule has 2 heterocycles. The first-order valence-electron chi connectivity index (χ1n) is 9.14. The second-order valence-corrected chi connectivity index (χ2v) is 7.73. The van der Waals surface area contributed by atoms with Crippen LogP contribution in [0.25, 0.3) is 6.08 Å². The molecule has 28 heavy (non-hydrogen) atoms. The predicted molar refractivity (Wildman–Crippen MR) is 107 cm³/mol. The Hall–Kier alpha value is -2.86. The molecule has 4 rings (SSSR count). The molecule has 1 saturated heterocycles. The molecule has 0 unspecified atom stereocenters. The Morgan fingerprint density at radius 3 is 2.46 bits per heavy atom. The summed E-state index contributed by atoms with van der Waals surface area (Å²) in [5.74, 6) is -1.36. The van der Waals surface area contributed by atoms with Crippen LogP contribution in [0.15, 0.2) is 29.8 Å². The SMILES string of the molecule is Cc1ccc(N2C(=O)NC(=O)C(=Cc3cc(C)n(C4CC4)c3C)C2=O)cc1Cl. The zero-order valence-corrected chi connectivity index (χ0v) is 16.6. The van der Waals surface area contributed by atoms with Crippen molar-refractivity contribution >= 4 is 41.2 Å². The number of aromatic nitrogens is 1. The molecular weight excluding hydrogens is 378 g/mol. The Labute approximate surface area is 167 Å². The summed E-state index contributed by atoms with van der Waals surface area (Å²) in [6.07, 6.45) is 3.85. The van der Waals surface area contributed by atoms with E-state index in [2.05, 4.69) is 9.88 Å². The highest BCUT2D eigenvalue weighted by Crippen LogP contribution is 2.39. The molecule has 7 heteroatoms. The van der Waals surface area contributed by atoms with Crippen LogP contribution in [-0.2, 0) is 9.59 Å². The average molecular weight is 398 g/mol. The minimum Gasteiger partial charge on any atom is -0.346 e. The summed E-state index contributed by atoms with van der Waals surface area (Å²) in [4.78, 5) is 38.7. The van der Waals surface area contributed by atoms with Gasteiger partial charge in [0.1, 0.15) is 5.57 Å². The van der Waals surface area contributed by atoms with Crippen LogP contribution in [0.2, 0.25) is 5.02 Å². The van der Waals surface area contributed by atoms with E-state index in [0.717, 1.165) is 40.3 Å². The highest BCUT2D eigenvalue weighted by molar-refractivity contribution is 6.39. The molecule has 1 aliphatic carbocycles. The Morgan fingerprint density at radius 2 is 1.82 bits per heavy atom. The maximum atomic E-state index is 13.0. The number of rotatable bonds is 3. The first kappa shape index (κ1) is 18.5. The van der Waals surface area contributed by atoms with E-state index in [4.69, 9.17) is 11.6 Å². The van der Waals surface area contributed by atoms with Gasteiger partial charge in [0, 0.05) is 22.5 Å². The van der Waals surface area contributed by atoms with E-state index in [1.807, 2.05) is 26.8 Å². The van der Waals surface area contributed by atoms with Gasteiger partial charge in [-0.1, -0.05) is 17.7 Å². The van der Waals surface area contributed by atoms with Crippen LogP contribution < -0.4 is 10.2 Å². The number of carbonyl (C=O) groups is 3. The van der Waals surface area contributed by atoms with Crippen molar-refractivity contribution in [2.75, 3.05) is 4.90 Å². The van der Waals surface area contributed by atoms with Gasteiger partial charge in [-0.2, -0.15) is 0 Å². The van der Waals surface area contributed by atoms with Gasteiger partial charge in [0.05, 0.1) is 5.69 Å². The number of halogens is 1. The van der Waals surface area contributed by atoms with E-state index in [1.165, 1.54) is 0 Å². The summed E-state index contributed by atoms with van der Waals surface area (Å²) < 4.78 is 2.24. The lowest BCUT2D eigenvalue weighted by molar-refractivity contribution is -0.122. The molecule has 4 amide bonds. The Balaban J connectivity index is 1.75. The second-order valence-electron chi connectivity index (χ2n) is 7.32. The lowest BCUT2D eigenvalue weighted by atomic mass is 10.1. The first-order chi connectivity index (χ1) is 13.3. The van der Waals surface area contributed by atoms with Crippen molar-refractivity contribution in [1.82, 2.24) is 9.88 Å². The number of nitrogens with one attached hydrogen (secondary N) is 1. The van der Waals surface area contributed by atoms with Gasteiger partial charge < -0.3 is 4.57 Å². The average Bonchev–Trinajstić information content (AvgIpc) is 3.41. The van der Waals surface area contributed by atoms with E-state index in [0.29, 0.717) is 16.8 Å². The van der Waals surface area contributed by atoms with Crippen LogP contribution >= 0.6 is 11.6 Å². The zero-order valence-electron chi connectivity index (χ0n) is 15.9. The fourth-order valence-corrected chi connectivity index (χ4v) is 3.79. The molecule has 1 saturated carbocycles. The smallest absolute Gasteiger partial charge is 0.335 e. The van der Waals surface area contributed by atoms with Crippen molar-refractivity contribution in [3.8, 4) is 0 Å². The molecule has 2 aromatic rings. The van der Waals surface area contributed by atoms with Crippen LogP contribution in [0.5, 0.6) is 0 Å². The molecule has 1 aromatic heterocycles. The number of barbiturate groups is 1. The predicted octanol–water partition coefficient (Wildman–Crippen LogP) is 4.07. The third-order valence-corrected chi connectivity index (χ3v) is 5.66. The fraction of sp³-hybridized carbons (Fsp3) is 0.286. The number of imide groups is 2. The summed E-state index contributed by atoms with van der Waals surface area (Å²) >= 11 is 6.15. The Morgan fingerprint density at radius 1 is 1.11 bits per heavy atom. The van der Waals surface area contributed by atoms with Gasteiger partial charge in [0.25, 0.3) is 11.8 Å². The number of urea groups is 1. The molecule has 144 valence electrons. The van der Waals surface area contributed by atoms with Crippen LogP contribution in [0, 0.1) is 20.8 Å². The van der Waals surface area contributed by atoms with Gasteiger partial charge in [-0.05, 0) is 69.0 Å². The number of hydrogen-bond donors (Lipinski definition) is 1. The normalized spacial score (nSPS) is 18.8. The van der Waals surface area contributed by atoms with Gasteiger partial charge in [-0.15, -0.1) is 0 Å². The number of carbonyl (C=O) groups excluding carboxylic acids is 3. The van der Waals surface area contributed by atoms with Crippen molar-refractivity contribution in [2.24, 2.45) is 0 Å².